The van der Waals surface area contributed by atoms with E-state index in [1.165, 1.54) is 0 Å². The summed E-state index contributed by atoms with van der Waals surface area (Å²) in [6.07, 6.45) is -1.13. The van der Waals surface area contributed by atoms with Gasteiger partial charge in [0.05, 0.1) is 6.61 Å². The SMILES string of the molecule is O=C(O)Cl.O=C1OCC(CO)O1. The highest BCUT2D eigenvalue weighted by Gasteiger charge is 2.23. The van der Waals surface area contributed by atoms with Crippen LogP contribution in [0.25, 0.3) is 0 Å². The van der Waals surface area contributed by atoms with Crippen molar-refractivity contribution in [1.82, 2.24) is 0 Å². The van der Waals surface area contributed by atoms with Crippen molar-refractivity contribution in [1.29, 1.82) is 0 Å². The first-order chi connectivity index (χ1) is 5.56. The third-order valence-corrected chi connectivity index (χ3v) is 0.854. The molecule has 1 saturated heterocycles. The molecule has 6 nitrogen and oxygen atoms in total. The van der Waals surface area contributed by atoms with Crippen LogP contribution in [-0.2, 0) is 9.47 Å². The molecule has 1 rings (SSSR count). The van der Waals surface area contributed by atoms with E-state index in [0.717, 1.165) is 0 Å². The topological polar surface area (TPSA) is 93.1 Å². The van der Waals surface area contributed by atoms with Crippen molar-refractivity contribution in [2.24, 2.45) is 0 Å². The van der Waals surface area contributed by atoms with E-state index in [2.05, 4.69) is 21.1 Å². The second-order valence-corrected chi connectivity index (χ2v) is 2.06. The van der Waals surface area contributed by atoms with E-state index in [0.29, 0.717) is 0 Å². The number of carbonyl (C=O) groups excluding carboxylic acids is 1. The molecule has 1 fully saturated rings. The molecule has 2 N–H and O–H groups in total. The molecule has 0 radical (unpaired) electrons. The summed E-state index contributed by atoms with van der Waals surface area (Å²) in [6, 6.07) is 0. The van der Waals surface area contributed by atoms with E-state index >= 15 is 0 Å². The Bertz CT molecular complexity index is 165. The van der Waals surface area contributed by atoms with E-state index in [1.807, 2.05) is 0 Å². The summed E-state index contributed by atoms with van der Waals surface area (Å²) in [5.41, 5.74) is -1.36. The van der Waals surface area contributed by atoms with E-state index in [4.69, 9.17) is 15.0 Å². The van der Waals surface area contributed by atoms with E-state index in [9.17, 15) is 4.79 Å². The minimum absolute atomic E-state index is 0.161. The average Bonchev–Trinajstić information content (AvgIpc) is 2.34. The first kappa shape index (κ1) is 11.0. The number of cyclic esters (lactones) is 2. The summed E-state index contributed by atoms with van der Waals surface area (Å²) in [7, 11) is 0. The van der Waals surface area contributed by atoms with Crippen LogP contribution in [0.2, 0.25) is 0 Å². The normalized spacial score (nSPS) is 20.2. The van der Waals surface area contributed by atoms with Gasteiger partial charge in [-0.25, -0.2) is 9.59 Å². The lowest BCUT2D eigenvalue weighted by atomic mass is 10.4. The number of hydrogen-bond donors (Lipinski definition) is 2. The van der Waals surface area contributed by atoms with Gasteiger partial charge in [-0.3, -0.25) is 0 Å². The number of carboxylic acid groups (broad SMARTS) is 1. The third kappa shape index (κ3) is 5.75. The Kier molecular flexibility index (Phi) is 5.14. The quantitative estimate of drug-likeness (QED) is 0.469. The Morgan fingerprint density at radius 2 is 2.25 bits per heavy atom. The van der Waals surface area contributed by atoms with Gasteiger partial charge in [-0.05, 0) is 0 Å². The molecule has 1 aliphatic heterocycles. The van der Waals surface area contributed by atoms with Crippen LogP contribution in [0.15, 0.2) is 0 Å². The second kappa shape index (κ2) is 5.62. The third-order valence-electron chi connectivity index (χ3n) is 0.854. The fourth-order valence-electron chi connectivity index (χ4n) is 0.455. The van der Waals surface area contributed by atoms with Crippen LogP contribution < -0.4 is 0 Å². The zero-order valence-electron chi connectivity index (χ0n) is 5.90. The predicted molar refractivity (Wildman–Crippen MR) is 37.2 cm³/mol. The van der Waals surface area contributed by atoms with Crippen molar-refractivity contribution >= 4 is 23.2 Å². The molecule has 1 atom stereocenters. The maximum atomic E-state index is 10.1. The Balaban J connectivity index is 0.000000261. The number of halogens is 1. The molecule has 0 amide bonds. The van der Waals surface area contributed by atoms with Crippen molar-refractivity contribution in [2.75, 3.05) is 13.2 Å². The lowest BCUT2D eigenvalue weighted by Crippen LogP contribution is -2.14. The Morgan fingerprint density at radius 1 is 1.75 bits per heavy atom. The minimum atomic E-state index is -1.36. The van der Waals surface area contributed by atoms with Crippen LogP contribution in [0.3, 0.4) is 0 Å². The van der Waals surface area contributed by atoms with Crippen molar-refractivity contribution in [3.63, 3.8) is 0 Å². The number of ether oxygens (including phenoxy) is 2. The first-order valence-corrected chi connectivity index (χ1v) is 3.26. The standard InChI is InChI=1S/C4H6O4.CHClO2/c5-1-3-2-7-4(6)8-3;2-1(3)4/h3,5H,1-2H2;(H,3,4). The Morgan fingerprint density at radius 3 is 2.42 bits per heavy atom. The molecule has 0 aromatic rings. The molecule has 0 bridgehead atoms. The second-order valence-electron chi connectivity index (χ2n) is 1.74. The van der Waals surface area contributed by atoms with Gasteiger partial charge in [0, 0.05) is 11.6 Å². The van der Waals surface area contributed by atoms with Crippen LogP contribution in [0, 0.1) is 0 Å². The monoisotopic (exact) mass is 198 g/mol. The summed E-state index contributed by atoms with van der Waals surface area (Å²) in [5, 5.41) is 15.5. The van der Waals surface area contributed by atoms with Gasteiger partial charge in [-0.1, -0.05) is 0 Å². The van der Waals surface area contributed by atoms with Gasteiger partial charge in [0.1, 0.15) is 6.61 Å². The Hall–Kier alpha value is -1.01. The first-order valence-electron chi connectivity index (χ1n) is 2.89. The van der Waals surface area contributed by atoms with Crippen molar-refractivity contribution < 1.29 is 29.3 Å². The van der Waals surface area contributed by atoms with Crippen LogP contribution in [0.4, 0.5) is 9.59 Å². The number of rotatable bonds is 1. The molecule has 1 unspecified atom stereocenters. The minimum Gasteiger partial charge on any atom is -0.469 e. The lowest BCUT2D eigenvalue weighted by Gasteiger charge is -1.96. The number of aliphatic hydroxyl groups excluding tert-OH is 1. The molecule has 0 saturated carbocycles. The van der Waals surface area contributed by atoms with Crippen LogP contribution >= 0.6 is 11.6 Å². The number of carbonyl (C=O) groups is 2. The maximum absolute atomic E-state index is 10.1. The maximum Gasteiger partial charge on any atom is 0.508 e. The summed E-state index contributed by atoms with van der Waals surface area (Å²) >= 11 is 4.19. The molecular weight excluding hydrogens is 192 g/mol. The fraction of sp³-hybridized carbons (Fsp3) is 0.600. The van der Waals surface area contributed by atoms with E-state index < -0.39 is 17.7 Å². The lowest BCUT2D eigenvalue weighted by molar-refractivity contribution is 0.0919. The number of aliphatic hydroxyl groups is 1. The highest BCUT2D eigenvalue weighted by molar-refractivity contribution is 6.60. The molecule has 70 valence electrons. The predicted octanol–water partition coefficient (Wildman–Crippen LogP) is 0.417. The van der Waals surface area contributed by atoms with E-state index in [-0.39, 0.29) is 13.2 Å². The van der Waals surface area contributed by atoms with Gasteiger partial charge >= 0.3 is 11.6 Å². The van der Waals surface area contributed by atoms with Crippen molar-refractivity contribution in [3.8, 4) is 0 Å². The molecule has 12 heavy (non-hydrogen) atoms. The smallest absolute Gasteiger partial charge is 0.469 e. The van der Waals surface area contributed by atoms with Crippen LogP contribution in [0.1, 0.15) is 0 Å². The average molecular weight is 199 g/mol. The molecule has 7 heteroatoms. The molecule has 0 spiro atoms. The van der Waals surface area contributed by atoms with Gasteiger partial charge in [-0.2, -0.15) is 0 Å². The zero-order valence-corrected chi connectivity index (χ0v) is 6.65. The summed E-state index contributed by atoms with van der Waals surface area (Å²) < 4.78 is 8.73. The molecule has 0 aromatic carbocycles. The summed E-state index contributed by atoms with van der Waals surface area (Å²) in [5.74, 6) is 0. The molecular formula is C5H7ClO6. The summed E-state index contributed by atoms with van der Waals surface area (Å²) in [4.78, 5) is 18.8. The highest BCUT2D eigenvalue weighted by atomic mass is 35.5. The Labute approximate surface area is 72.6 Å². The molecule has 1 heterocycles. The zero-order chi connectivity index (χ0) is 9.56. The van der Waals surface area contributed by atoms with Gasteiger partial charge in [0.2, 0.25) is 0 Å². The van der Waals surface area contributed by atoms with Crippen molar-refractivity contribution in [3.05, 3.63) is 0 Å². The van der Waals surface area contributed by atoms with Gasteiger partial charge in [0.15, 0.2) is 6.10 Å². The molecule has 1 aliphatic rings. The summed E-state index contributed by atoms with van der Waals surface area (Å²) in [6.45, 7) is 0.0150. The van der Waals surface area contributed by atoms with Gasteiger partial charge < -0.3 is 19.7 Å². The van der Waals surface area contributed by atoms with Crippen molar-refractivity contribution in [2.45, 2.75) is 6.10 Å². The largest absolute Gasteiger partial charge is 0.508 e. The van der Waals surface area contributed by atoms with Crippen LogP contribution in [0.5, 0.6) is 0 Å². The number of hydrogen-bond acceptors (Lipinski definition) is 5. The molecule has 0 aromatic heterocycles. The fourth-order valence-corrected chi connectivity index (χ4v) is 0.455. The highest BCUT2D eigenvalue weighted by Crippen LogP contribution is 2.03. The van der Waals surface area contributed by atoms with E-state index in [1.54, 1.807) is 0 Å². The van der Waals surface area contributed by atoms with Gasteiger partial charge in [0.25, 0.3) is 0 Å². The molecule has 0 aliphatic carbocycles. The van der Waals surface area contributed by atoms with Gasteiger partial charge in [-0.15, -0.1) is 0 Å². The van der Waals surface area contributed by atoms with Crippen LogP contribution in [-0.4, -0.2) is 41.1 Å².